The fourth-order valence-corrected chi connectivity index (χ4v) is 3.52. The highest BCUT2D eigenvalue weighted by molar-refractivity contribution is 5.98. The molecule has 0 saturated carbocycles. The van der Waals surface area contributed by atoms with Crippen LogP contribution in [0.5, 0.6) is 0 Å². The molecule has 1 aliphatic rings. The van der Waals surface area contributed by atoms with Gasteiger partial charge in [0.25, 0.3) is 0 Å². The number of carbonyl (C=O) groups excluding carboxylic acids is 1. The SMILES string of the molecule is CCc1cccc(CC)c1-c1cc(N2CCC2)c(C(=O)OC)c(C)n1. The second-order valence-electron chi connectivity index (χ2n) is 6.48. The number of esters is 1. The first kappa shape index (κ1) is 17.5. The molecule has 1 saturated heterocycles. The summed E-state index contributed by atoms with van der Waals surface area (Å²) in [5.74, 6) is -0.307. The largest absolute Gasteiger partial charge is 0.465 e. The molecule has 25 heavy (non-hydrogen) atoms. The van der Waals surface area contributed by atoms with Crippen molar-refractivity contribution in [1.29, 1.82) is 0 Å². The lowest BCUT2D eigenvalue weighted by Crippen LogP contribution is -2.38. The van der Waals surface area contributed by atoms with Crippen LogP contribution in [0.15, 0.2) is 24.3 Å². The predicted molar refractivity (Wildman–Crippen MR) is 101 cm³/mol. The monoisotopic (exact) mass is 338 g/mol. The molecule has 0 bridgehead atoms. The Morgan fingerprint density at radius 1 is 1.20 bits per heavy atom. The van der Waals surface area contributed by atoms with Gasteiger partial charge in [-0.25, -0.2) is 4.79 Å². The van der Waals surface area contributed by atoms with Gasteiger partial charge in [0.1, 0.15) is 5.56 Å². The first-order chi connectivity index (χ1) is 12.1. The van der Waals surface area contributed by atoms with Crippen molar-refractivity contribution in [2.75, 3.05) is 25.1 Å². The molecule has 4 nitrogen and oxygen atoms in total. The van der Waals surface area contributed by atoms with Crippen LogP contribution in [0.2, 0.25) is 0 Å². The molecule has 0 aliphatic carbocycles. The summed E-state index contributed by atoms with van der Waals surface area (Å²) in [6.45, 7) is 8.19. The lowest BCUT2D eigenvalue weighted by atomic mass is 9.93. The third-order valence-corrected chi connectivity index (χ3v) is 5.02. The van der Waals surface area contributed by atoms with Gasteiger partial charge in [0.15, 0.2) is 0 Å². The van der Waals surface area contributed by atoms with Gasteiger partial charge in [-0.3, -0.25) is 4.98 Å². The maximum absolute atomic E-state index is 12.3. The van der Waals surface area contributed by atoms with Gasteiger partial charge < -0.3 is 9.64 Å². The number of hydrogen-bond donors (Lipinski definition) is 0. The van der Waals surface area contributed by atoms with E-state index in [0.717, 1.165) is 49.4 Å². The number of anilines is 1. The van der Waals surface area contributed by atoms with E-state index in [9.17, 15) is 4.79 Å². The van der Waals surface area contributed by atoms with E-state index in [1.165, 1.54) is 23.8 Å². The number of aromatic nitrogens is 1. The minimum absolute atomic E-state index is 0.307. The Kier molecular flexibility index (Phi) is 5.07. The van der Waals surface area contributed by atoms with E-state index in [4.69, 9.17) is 9.72 Å². The average molecular weight is 338 g/mol. The van der Waals surface area contributed by atoms with Crippen LogP contribution in [0.1, 0.15) is 47.4 Å². The molecule has 0 radical (unpaired) electrons. The molecule has 3 rings (SSSR count). The third kappa shape index (κ3) is 3.13. The Balaban J connectivity index is 2.22. The summed E-state index contributed by atoms with van der Waals surface area (Å²) < 4.78 is 5.01. The van der Waals surface area contributed by atoms with Gasteiger partial charge in [-0.2, -0.15) is 0 Å². The minimum Gasteiger partial charge on any atom is -0.465 e. The maximum Gasteiger partial charge on any atom is 0.341 e. The number of ether oxygens (including phenoxy) is 1. The van der Waals surface area contributed by atoms with E-state index in [1.54, 1.807) is 0 Å². The van der Waals surface area contributed by atoms with Crippen LogP contribution in [0, 0.1) is 6.92 Å². The second-order valence-corrected chi connectivity index (χ2v) is 6.48. The average Bonchev–Trinajstić information content (AvgIpc) is 2.58. The minimum atomic E-state index is -0.307. The van der Waals surface area contributed by atoms with E-state index in [0.29, 0.717) is 5.56 Å². The van der Waals surface area contributed by atoms with Crippen molar-refractivity contribution in [3.8, 4) is 11.3 Å². The van der Waals surface area contributed by atoms with E-state index in [-0.39, 0.29) is 5.97 Å². The fraction of sp³-hybridized carbons (Fsp3) is 0.429. The summed E-state index contributed by atoms with van der Waals surface area (Å²) in [6.07, 6.45) is 3.08. The van der Waals surface area contributed by atoms with Crippen molar-refractivity contribution < 1.29 is 9.53 Å². The van der Waals surface area contributed by atoms with E-state index in [2.05, 4.69) is 43.0 Å². The number of pyridine rings is 1. The summed E-state index contributed by atoms with van der Waals surface area (Å²) in [6, 6.07) is 8.53. The second kappa shape index (κ2) is 7.26. The van der Waals surface area contributed by atoms with Crippen molar-refractivity contribution in [2.24, 2.45) is 0 Å². The number of methoxy groups -OCH3 is 1. The number of carbonyl (C=O) groups is 1. The van der Waals surface area contributed by atoms with Gasteiger partial charge in [-0.15, -0.1) is 0 Å². The van der Waals surface area contributed by atoms with Gasteiger partial charge in [-0.1, -0.05) is 32.0 Å². The highest BCUT2D eigenvalue weighted by Crippen LogP contribution is 2.35. The number of hydrogen-bond acceptors (Lipinski definition) is 4. The number of benzene rings is 1. The predicted octanol–water partition coefficient (Wildman–Crippen LogP) is 4.18. The molecular formula is C21H26N2O2. The van der Waals surface area contributed by atoms with Crippen LogP contribution in [0.4, 0.5) is 5.69 Å². The molecule has 2 heterocycles. The van der Waals surface area contributed by atoms with Crippen molar-refractivity contribution in [2.45, 2.75) is 40.0 Å². The zero-order valence-corrected chi connectivity index (χ0v) is 15.6. The Morgan fingerprint density at radius 2 is 1.84 bits per heavy atom. The lowest BCUT2D eigenvalue weighted by Gasteiger charge is -2.35. The van der Waals surface area contributed by atoms with E-state index < -0.39 is 0 Å². The highest BCUT2D eigenvalue weighted by Gasteiger charge is 2.26. The highest BCUT2D eigenvalue weighted by atomic mass is 16.5. The van der Waals surface area contributed by atoms with E-state index in [1.807, 2.05) is 6.92 Å². The van der Waals surface area contributed by atoms with Crippen LogP contribution in [-0.4, -0.2) is 31.2 Å². The lowest BCUT2D eigenvalue weighted by molar-refractivity contribution is 0.0600. The molecule has 0 atom stereocenters. The van der Waals surface area contributed by atoms with Crippen molar-refractivity contribution in [3.63, 3.8) is 0 Å². The number of aryl methyl sites for hydroxylation is 3. The normalized spacial score (nSPS) is 13.5. The Bertz CT molecular complexity index is 772. The van der Waals surface area contributed by atoms with Gasteiger partial charge in [0.2, 0.25) is 0 Å². The molecule has 0 amide bonds. The molecule has 1 aromatic heterocycles. The van der Waals surface area contributed by atoms with Gasteiger partial charge in [0.05, 0.1) is 24.2 Å². The van der Waals surface area contributed by atoms with Crippen LogP contribution in [-0.2, 0) is 17.6 Å². The molecular weight excluding hydrogens is 312 g/mol. The molecule has 1 aromatic carbocycles. The first-order valence-electron chi connectivity index (χ1n) is 9.06. The summed E-state index contributed by atoms with van der Waals surface area (Å²) in [5.41, 5.74) is 7.05. The van der Waals surface area contributed by atoms with Gasteiger partial charge in [0, 0.05) is 18.7 Å². The van der Waals surface area contributed by atoms with Gasteiger partial charge in [-0.05, 0) is 43.4 Å². The van der Waals surface area contributed by atoms with Crippen LogP contribution in [0.3, 0.4) is 0 Å². The molecule has 1 aliphatic heterocycles. The molecule has 4 heteroatoms. The third-order valence-electron chi connectivity index (χ3n) is 5.02. The van der Waals surface area contributed by atoms with Crippen molar-refractivity contribution >= 4 is 11.7 Å². The van der Waals surface area contributed by atoms with Crippen LogP contribution >= 0.6 is 0 Å². The summed E-state index contributed by atoms with van der Waals surface area (Å²) in [4.78, 5) is 19.3. The van der Waals surface area contributed by atoms with Crippen molar-refractivity contribution in [1.82, 2.24) is 4.98 Å². The summed E-state index contributed by atoms with van der Waals surface area (Å²) >= 11 is 0. The van der Waals surface area contributed by atoms with Gasteiger partial charge >= 0.3 is 5.97 Å². The zero-order valence-electron chi connectivity index (χ0n) is 15.6. The smallest absolute Gasteiger partial charge is 0.341 e. The summed E-state index contributed by atoms with van der Waals surface area (Å²) in [5, 5.41) is 0. The number of rotatable bonds is 5. The summed E-state index contributed by atoms with van der Waals surface area (Å²) in [7, 11) is 1.43. The Hall–Kier alpha value is -2.36. The first-order valence-corrected chi connectivity index (χ1v) is 9.06. The fourth-order valence-electron chi connectivity index (χ4n) is 3.52. The maximum atomic E-state index is 12.3. The van der Waals surface area contributed by atoms with E-state index >= 15 is 0 Å². The van der Waals surface area contributed by atoms with Crippen molar-refractivity contribution in [3.05, 3.63) is 46.6 Å². The Labute approximate surface area is 149 Å². The zero-order chi connectivity index (χ0) is 18.0. The molecule has 2 aromatic rings. The van der Waals surface area contributed by atoms with Crippen LogP contribution in [0.25, 0.3) is 11.3 Å². The molecule has 132 valence electrons. The molecule has 1 fully saturated rings. The molecule has 0 unspecified atom stereocenters. The standard InChI is InChI=1S/C21H26N2O2/c1-5-15-9-7-10-16(6-2)20(15)17-13-18(23-11-8-12-23)19(14(3)22-17)21(24)25-4/h7,9-10,13H,5-6,8,11-12H2,1-4H3. The van der Waals surface area contributed by atoms with Crippen LogP contribution < -0.4 is 4.90 Å². The molecule has 0 spiro atoms. The topological polar surface area (TPSA) is 42.4 Å². The Morgan fingerprint density at radius 3 is 2.32 bits per heavy atom. The number of nitrogens with zero attached hydrogens (tertiary/aromatic N) is 2. The molecule has 0 N–H and O–H groups in total. The quantitative estimate of drug-likeness (QED) is 0.767.